The number of ether oxygens (including phenoxy) is 2. The SMILES string of the molecule is COc1ccc2c(c1)S[C@H](c1ccc(OC)c(C)c1)CCN2Cc1ncc(C)[nH]1. The summed E-state index contributed by atoms with van der Waals surface area (Å²) in [5.41, 5.74) is 4.82. The van der Waals surface area contributed by atoms with Crippen LogP contribution in [0.25, 0.3) is 0 Å². The maximum Gasteiger partial charge on any atom is 0.125 e. The molecule has 0 bridgehead atoms. The molecule has 0 amide bonds. The second-order valence-corrected chi connectivity index (χ2v) is 8.64. The summed E-state index contributed by atoms with van der Waals surface area (Å²) in [4.78, 5) is 11.5. The Morgan fingerprint density at radius 3 is 2.69 bits per heavy atom. The Morgan fingerprint density at radius 2 is 2.00 bits per heavy atom. The first-order valence-corrected chi connectivity index (χ1v) is 10.7. The number of hydrogen-bond donors (Lipinski definition) is 1. The fraction of sp³-hybridized carbons (Fsp3) is 0.348. The van der Waals surface area contributed by atoms with Gasteiger partial charge in [0.05, 0.1) is 26.5 Å². The summed E-state index contributed by atoms with van der Waals surface area (Å²) in [6, 6.07) is 12.9. The Balaban J connectivity index is 1.67. The van der Waals surface area contributed by atoms with Gasteiger partial charge in [-0.1, -0.05) is 12.1 Å². The lowest BCUT2D eigenvalue weighted by atomic mass is 10.1. The van der Waals surface area contributed by atoms with Crippen LogP contribution < -0.4 is 14.4 Å². The summed E-state index contributed by atoms with van der Waals surface area (Å²) in [6.07, 6.45) is 2.94. The van der Waals surface area contributed by atoms with Gasteiger partial charge in [-0.15, -0.1) is 11.8 Å². The number of fused-ring (bicyclic) bond motifs is 1. The predicted octanol–water partition coefficient (Wildman–Crippen LogP) is 5.29. The molecule has 1 aromatic heterocycles. The smallest absolute Gasteiger partial charge is 0.125 e. The minimum atomic E-state index is 0.369. The molecule has 5 nitrogen and oxygen atoms in total. The molecule has 1 aliphatic heterocycles. The summed E-state index contributed by atoms with van der Waals surface area (Å²) in [5, 5.41) is 0.369. The lowest BCUT2D eigenvalue weighted by molar-refractivity contribution is 0.411. The quantitative estimate of drug-likeness (QED) is 0.621. The highest BCUT2D eigenvalue weighted by atomic mass is 32.2. The molecule has 29 heavy (non-hydrogen) atoms. The molecule has 6 heteroatoms. The summed E-state index contributed by atoms with van der Waals surface area (Å²) in [7, 11) is 3.44. The van der Waals surface area contributed by atoms with Gasteiger partial charge in [0.1, 0.15) is 17.3 Å². The fourth-order valence-corrected chi connectivity index (χ4v) is 5.13. The van der Waals surface area contributed by atoms with Crippen LogP contribution in [0, 0.1) is 13.8 Å². The van der Waals surface area contributed by atoms with Crippen molar-refractivity contribution >= 4 is 17.4 Å². The van der Waals surface area contributed by atoms with E-state index in [0.717, 1.165) is 42.5 Å². The number of hydrogen-bond acceptors (Lipinski definition) is 5. The number of thioether (sulfide) groups is 1. The lowest BCUT2D eigenvalue weighted by Crippen LogP contribution is -2.24. The largest absolute Gasteiger partial charge is 0.497 e. The molecule has 2 heterocycles. The number of aryl methyl sites for hydroxylation is 2. The highest BCUT2D eigenvalue weighted by Gasteiger charge is 2.25. The van der Waals surface area contributed by atoms with E-state index in [1.807, 2.05) is 30.9 Å². The third-order valence-corrected chi connectivity index (χ3v) is 6.70. The van der Waals surface area contributed by atoms with Crippen LogP contribution in [-0.2, 0) is 6.54 Å². The van der Waals surface area contributed by atoms with Crippen LogP contribution in [-0.4, -0.2) is 30.7 Å². The first-order chi connectivity index (χ1) is 14.1. The van der Waals surface area contributed by atoms with E-state index in [1.54, 1.807) is 14.2 Å². The highest BCUT2D eigenvalue weighted by Crippen LogP contribution is 2.47. The average Bonchev–Trinajstić information content (AvgIpc) is 3.05. The molecule has 1 aliphatic rings. The van der Waals surface area contributed by atoms with Crippen LogP contribution in [0.15, 0.2) is 47.5 Å². The molecule has 0 saturated heterocycles. The van der Waals surface area contributed by atoms with Gasteiger partial charge in [-0.3, -0.25) is 0 Å². The van der Waals surface area contributed by atoms with Crippen LogP contribution in [0.4, 0.5) is 5.69 Å². The van der Waals surface area contributed by atoms with Crippen LogP contribution >= 0.6 is 11.8 Å². The molecular formula is C23H27N3O2S. The van der Waals surface area contributed by atoms with Gasteiger partial charge in [0, 0.05) is 28.6 Å². The number of nitrogens with zero attached hydrogens (tertiary/aromatic N) is 2. The third kappa shape index (κ3) is 4.22. The number of imidazole rings is 1. The van der Waals surface area contributed by atoms with E-state index in [-0.39, 0.29) is 0 Å². The van der Waals surface area contributed by atoms with Crippen molar-refractivity contribution in [2.75, 3.05) is 25.7 Å². The summed E-state index contributed by atoms with van der Waals surface area (Å²) in [5.74, 6) is 2.81. The monoisotopic (exact) mass is 409 g/mol. The molecule has 0 radical (unpaired) electrons. The molecule has 4 rings (SSSR count). The number of nitrogens with one attached hydrogen (secondary N) is 1. The first kappa shape index (κ1) is 19.7. The minimum absolute atomic E-state index is 0.369. The number of anilines is 1. The van der Waals surface area contributed by atoms with Crippen molar-refractivity contribution in [2.45, 2.75) is 37.0 Å². The van der Waals surface area contributed by atoms with E-state index in [0.29, 0.717) is 5.25 Å². The van der Waals surface area contributed by atoms with Gasteiger partial charge in [0.2, 0.25) is 0 Å². The predicted molar refractivity (Wildman–Crippen MR) is 118 cm³/mol. The molecule has 0 aliphatic carbocycles. The minimum Gasteiger partial charge on any atom is -0.497 e. The third-order valence-electron chi connectivity index (χ3n) is 5.32. The number of H-pyrrole nitrogens is 1. The molecular weight excluding hydrogens is 382 g/mol. The summed E-state index contributed by atoms with van der Waals surface area (Å²) in [6.45, 7) is 5.87. The van der Waals surface area contributed by atoms with Crippen molar-refractivity contribution in [1.82, 2.24) is 9.97 Å². The molecule has 0 fully saturated rings. The molecule has 0 saturated carbocycles. The van der Waals surface area contributed by atoms with Gasteiger partial charge in [0.15, 0.2) is 0 Å². The fourth-order valence-electron chi connectivity index (χ4n) is 3.81. The van der Waals surface area contributed by atoms with E-state index in [1.165, 1.54) is 21.7 Å². The maximum atomic E-state index is 5.50. The van der Waals surface area contributed by atoms with E-state index in [9.17, 15) is 0 Å². The number of rotatable bonds is 5. The van der Waals surface area contributed by atoms with Gasteiger partial charge in [-0.25, -0.2) is 4.98 Å². The first-order valence-electron chi connectivity index (χ1n) is 9.82. The summed E-state index contributed by atoms with van der Waals surface area (Å²) < 4.78 is 10.9. The van der Waals surface area contributed by atoms with Crippen molar-refractivity contribution in [3.63, 3.8) is 0 Å². The molecule has 2 aromatic carbocycles. The zero-order valence-corrected chi connectivity index (χ0v) is 18.2. The van der Waals surface area contributed by atoms with Crippen molar-refractivity contribution in [1.29, 1.82) is 0 Å². The topological polar surface area (TPSA) is 50.4 Å². The zero-order chi connectivity index (χ0) is 20.4. The molecule has 3 aromatic rings. The van der Waals surface area contributed by atoms with Crippen LogP contribution in [0.5, 0.6) is 11.5 Å². The van der Waals surface area contributed by atoms with Crippen molar-refractivity contribution < 1.29 is 9.47 Å². The van der Waals surface area contributed by atoms with Crippen molar-refractivity contribution in [2.24, 2.45) is 0 Å². The molecule has 0 spiro atoms. The van der Waals surface area contributed by atoms with E-state index in [4.69, 9.17) is 9.47 Å². The highest BCUT2D eigenvalue weighted by molar-refractivity contribution is 7.99. The van der Waals surface area contributed by atoms with Crippen LogP contribution in [0.1, 0.15) is 34.3 Å². The Hall–Kier alpha value is -2.60. The normalized spacial score (nSPS) is 16.3. The molecule has 0 unspecified atom stereocenters. The Bertz CT molecular complexity index is 1000. The molecule has 1 atom stereocenters. The average molecular weight is 410 g/mol. The number of methoxy groups -OCH3 is 2. The standard InChI is InChI=1S/C23H27N3O2S/c1-15-11-17(5-8-20(15)28-4)21-9-10-26(14-23-24-13-16(2)25-23)19-7-6-18(27-3)12-22(19)29-21/h5-8,11-13,21H,9-10,14H2,1-4H3,(H,24,25)/t21-/m0/s1. The lowest BCUT2D eigenvalue weighted by Gasteiger charge is -2.23. The van der Waals surface area contributed by atoms with Gasteiger partial charge in [0.25, 0.3) is 0 Å². The molecule has 152 valence electrons. The van der Waals surface area contributed by atoms with Gasteiger partial charge < -0.3 is 19.4 Å². The van der Waals surface area contributed by atoms with Crippen molar-refractivity contribution in [3.05, 3.63) is 65.2 Å². The number of aromatic nitrogens is 2. The second-order valence-electron chi connectivity index (χ2n) is 7.39. The maximum absolute atomic E-state index is 5.50. The van der Waals surface area contributed by atoms with Crippen molar-refractivity contribution in [3.8, 4) is 11.5 Å². The van der Waals surface area contributed by atoms with Gasteiger partial charge in [-0.05, 0) is 55.7 Å². The Morgan fingerprint density at radius 1 is 1.14 bits per heavy atom. The number of aromatic amines is 1. The zero-order valence-electron chi connectivity index (χ0n) is 17.4. The summed E-state index contributed by atoms with van der Waals surface area (Å²) >= 11 is 1.91. The van der Waals surface area contributed by atoms with E-state index >= 15 is 0 Å². The Kier molecular flexibility index (Phi) is 5.72. The van der Waals surface area contributed by atoms with Crippen LogP contribution in [0.2, 0.25) is 0 Å². The van der Waals surface area contributed by atoms with E-state index in [2.05, 4.69) is 52.1 Å². The molecule has 1 N–H and O–H groups in total. The second kappa shape index (κ2) is 8.41. The van der Waals surface area contributed by atoms with Gasteiger partial charge >= 0.3 is 0 Å². The van der Waals surface area contributed by atoms with E-state index < -0.39 is 0 Å². The Labute approximate surface area is 176 Å². The van der Waals surface area contributed by atoms with Gasteiger partial charge in [-0.2, -0.15) is 0 Å². The number of benzene rings is 2. The van der Waals surface area contributed by atoms with Crippen LogP contribution in [0.3, 0.4) is 0 Å².